The molecular weight excluding hydrogens is 164 g/mol. The summed E-state index contributed by atoms with van der Waals surface area (Å²) in [6.07, 6.45) is 6.41. The quantitative estimate of drug-likeness (QED) is 0.605. The van der Waals surface area contributed by atoms with E-state index >= 15 is 0 Å². The fraction of sp³-hybridized carbons (Fsp3) is 0.900. The van der Waals surface area contributed by atoms with Crippen molar-refractivity contribution < 1.29 is 4.79 Å². The molecule has 1 aliphatic heterocycles. The van der Waals surface area contributed by atoms with E-state index in [0.29, 0.717) is 6.04 Å². The van der Waals surface area contributed by atoms with Crippen LogP contribution in [0.1, 0.15) is 32.1 Å². The Kier molecular flexibility index (Phi) is 2.42. The second-order valence-corrected chi connectivity index (χ2v) is 4.19. The van der Waals surface area contributed by atoms with Gasteiger partial charge in [0.2, 0.25) is 0 Å². The second kappa shape index (κ2) is 3.56. The lowest BCUT2D eigenvalue weighted by atomic mass is 9.94. The molecule has 0 spiro atoms. The zero-order valence-corrected chi connectivity index (χ0v) is 8.33. The van der Waals surface area contributed by atoms with E-state index in [9.17, 15) is 4.79 Å². The van der Waals surface area contributed by atoms with Gasteiger partial charge in [-0.3, -0.25) is 0 Å². The molecule has 13 heavy (non-hydrogen) atoms. The molecule has 2 aliphatic rings. The van der Waals surface area contributed by atoms with Gasteiger partial charge in [-0.1, -0.05) is 19.3 Å². The number of amides is 2. The number of carbonyl (C=O) groups excluding carboxylic acids is 1. The third kappa shape index (κ3) is 1.64. The van der Waals surface area contributed by atoms with Crippen molar-refractivity contribution in [2.45, 2.75) is 38.1 Å². The van der Waals surface area contributed by atoms with Crippen molar-refractivity contribution in [2.75, 3.05) is 20.1 Å². The third-order valence-electron chi connectivity index (χ3n) is 3.26. The Hall–Kier alpha value is -0.730. The average Bonchev–Trinajstić information content (AvgIpc) is 2.49. The SMILES string of the molecule is CN1CCN(C2CCCCC2)C1=O. The van der Waals surface area contributed by atoms with Gasteiger partial charge in [-0.05, 0) is 12.8 Å². The van der Waals surface area contributed by atoms with E-state index < -0.39 is 0 Å². The van der Waals surface area contributed by atoms with Gasteiger partial charge in [0.15, 0.2) is 0 Å². The van der Waals surface area contributed by atoms with Gasteiger partial charge < -0.3 is 9.80 Å². The van der Waals surface area contributed by atoms with E-state index in [-0.39, 0.29) is 6.03 Å². The molecule has 0 N–H and O–H groups in total. The highest BCUT2D eigenvalue weighted by atomic mass is 16.2. The molecule has 0 aromatic rings. The molecule has 0 aromatic carbocycles. The molecule has 0 bridgehead atoms. The number of nitrogens with zero attached hydrogens (tertiary/aromatic N) is 2. The fourth-order valence-corrected chi connectivity index (χ4v) is 2.40. The molecule has 2 fully saturated rings. The Bertz CT molecular complexity index is 199. The maximum atomic E-state index is 11.7. The normalized spacial score (nSPS) is 25.8. The van der Waals surface area contributed by atoms with Crippen molar-refractivity contribution >= 4 is 6.03 Å². The van der Waals surface area contributed by atoms with Gasteiger partial charge in [-0.25, -0.2) is 4.79 Å². The Morgan fingerprint density at radius 3 is 2.38 bits per heavy atom. The molecule has 1 aliphatic carbocycles. The number of urea groups is 1. The van der Waals surface area contributed by atoms with Crippen LogP contribution in [0, 0.1) is 0 Å². The highest BCUT2D eigenvalue weighted by molar-refractivity contribution is 5.76. The van der Waals surface area contributed by atoms with Crippen molar-refractivity contribution in [1.82, 2.24) is 9.80 Å². The molecule has 2 amide bonds. The Balaban J connectivity index is 1.96. The first-order chi connectivity index (χ1) is 6.29. The highest BCUT2D eigenvalue weighted by Crippen LogP contribution is 2.24. The summed E-state index contributed by atoms with van der Waals surface area (Å²) in [7, 11) is 1.89. The summed E-state index contributed by atoms with van der Waals surface area (Å²) in [5.41, 5.74) is 0. The fourth-order valence-electron chi connectivity index (χ4n) is 2.40. The van der Waals surface area contributed by atoms with E-state index in [1.165, 1.54) is 32.1 Å². The Labute approximate surface area is 79.7 Å². The molecule has 0 aromatic heterocycles. The summed E-state index contributed by atoms with van der Waals surface area (Å²) in [6.45, 7) is 1.86. The minimum Gasteiger partial charge on any atom is -0.326 e. The van der Waals surface area contributed by atoms with Crippen LogP contribution >= 0.6 is 0 Å². The monoisotopic (exact) mass is 182 g/mol. The van der Waals surface area contributed by atoms with Crippen molar-refractivity contribution in [2.24, 2.45) is 0 Å². The smallest absolute Gasteiger partial charge is 0.320 e. The standard InChI is InChI=1S/C10H18N2O/c1-11-7-8-12(10(11)13)9-5-3-2-4-6-9/h9H,2-8H2,1H3. The van der Waals surface area contributed by atoms with E-state index in [4.69, 9.17) is 0 Å². The van der Waals surface area contributed by atoms with Crippen LogP contribution in [0.3, 0.4) is 0 Å². The van der Waals surface area contributed by atoms with Crippen molar-refractivity contribution in [3.05, 3.63) is 0 Å². The van der Waals surface area contributed by atoms with E-state index in [1.54, 1.807) is 0 Å². The summed E-state index contributed by atoms with van der Waals surface area (Å²) in [5.74, 6) is 0. The molecule has 0 atom stereocenters. The molecule has 1 saturated carbocycles. The Morgan fingerprint density at radius 2 is 1.85 bits per heavy atom. The minimum atomic E-state index is 0.243. The minimum absolute atomic E-state index is 0.243. The lowest BCUT2D eigenvalue weighted by molar-refractivity contribution is 0.167. The first-order valence-electron chi connectivity index (χ1n) is 5.31. The topological polar surface area (TPSA) is 23.6 Å². The number of hydrogen-bond donors (Lipinski definition) is 0. The predicted molar refractivity (Wildman–Crippen MR) is 51.6 cm³/mol. The highest BCUT2D eigenvalue weighted by Gasteiger charge is 2.31. The molecule has 2 rings (SSSR count). The summed E-state index contributed by atoms with van der Waals surface area (Å²) in [5, 5.41) is 0. The molecule has 3 heteroatoms. The van der Waals surface area contributed by atoms with Crippen LogP contribution in [-0.2, 0) is 0 Å². The predicted octanol–water partition coefficient (Wildman–Crippen LogP) is 1.69. The lowest BCUT2D eigenvalue weighted by Gasteiger charge is -2.30. The van der Waals surface area contributed by atoms with Crippen LogP contribution < -0.4 is 0 Å². The third-order valence-corrected chi connectivity index (χ3v) is 3.26. The maximum absolute atomic E-state index is 11.7. The molecule has 74 valence electrons. The molecular formula is C10H18N2O. The number of likely N-dealkylation sites (N-methyl/N-ethyl adjacent to an activating group) is 1. The second-order valence-electron chi connectivity index (χ2n) is 4.19. The lowest BCUT2D eigenvalue weighted by Crippen LogP contribution is -2.39. The molecule has 1 heterocycles. The van der Waals surface area contributed by atoms with Crippen LogP contribution in [0.2, 0.25) is 0 Å². The van der Waals surface area contributed by atoms with Gasteiger partial charge in [0.25, 0.3) is 0 Å². The number of hydrogen-bond acceptors (Lipinski definition) is 1. The van der Waals surface area contributed by atoms with Gasteiger partial charge in [-0.15, -0.1) is 0 Å². The summed E-state index contributed by atoms with van der Waals surface area (Å²) in [6, 6.07) is 0.790. The summed E-state index contributed by atoms with van der Waals surface area (Å²) >= 11 is 0. The van der Waals surface area contributed by atoms with Crippen LogP contribution in [-0.4, -0.2) is 42.0 Å². The Morgan fingerprint density at radius 1 is 1.15 bits per heavy atom. The van der Waals surface area contributed by atoms with Gasteiger partial charge in [0.05, 0.1) is 0 Å². The zero-order valence-electron chi connectivity index (χ0n) is 8.33. The van der Waals surface area contributed by atoms with Gasteiger partial charge in [-0.2, -0.15) is 0 Å². The van der Waals surface area contributed by atoms with E-state index in [2.05, 4.69) is 4.90 Å². The van der Waals surface area contributed by atoms with Crippen molar-refractivity contribution in [1.29, 1.82) is 0 Å². The van der Waals surface area contributed by atoms with Crippen LogP contribution in [0.25, 0.3) is 0 Å². The average molecular weight is 182 g/mol. The summed E-state index contributed by atoms with van der Waals surface area (Å²) in [4.78, 5) is 15.6. The van der Waals surface area contributed by atoms with E-state index in [0.717, 1.165) is 13.1 Å². The van der Waals surface area contributed by atoms with Crippen molar-refractivity contribution in [3.63, 3.8) is 0 Å². The van der Waals surface area contributed by atoms with Gasteiger partial charge in [0.1, 0.15) is 0 Å². The number of carbonyl (C=O) groups is 1. The molecule has 0 radical (unpaired) electrons. The summed E-state index contributed by atoms with van der Waals surface area (Å²) < 4.78 is 0. The zero-order chi connectivity index (χ0) is 9.26. The molecule has 1 saturated heterocycles. The largest absolute Gasteiger partial charge is 0.326 e. The van der Waals surface area contributed by atoms with Crippen molar-refractivity contribution in [3.8, 4) is 0 Å². The number of rotatable bonds is 1. The van der Waals surface area contributed by atoms with Crippen LogP contribution in [0.15, 0.2) is 0 Å². The molecule has 0 unspecified atom stereocenters. The van der Waals surface area contributed by atoms with E-state index in [1.807, 2.05) is 11.9 Å². The van der Waals surface area contributed by atoms with Crippen LogP contribution in [0.5, 0.6) is 0 Å². The molecule has 3 nitrogen and oxygen atoms in total. The van der Waals surface area contributed by atoms with Gasteiger partial charge in [0, 0.05) is 26.2 Å². The first kappa shape index (κ1) is 8.85. The van der Waals surface area contributed by atoms with Crippen LogP contribution in [0.4, 0.5) is 4.79 Å². The first-order valence-corrected chi connectivity index (χ1v) is 5.31. The van der Waals surface area contributed by atoms with Gasteiger partial charge >= 0.3 is 6.03 Å². The maximum Gasteiger partial charge on any atom is 0.320 e.